The van der Waals surface area contributed by atoms with Crippen molar-refractivity contribution >= 4 is 21.6 Å². The molecule has 0 radical (unpaired) electrons. The highest BCUT2D eigenvalue weighted by Crippen LogP contribution is 2.21. The number of amides is 1. The van der Waals surface area contributed by atoms with E-state index in [0.717, 1.165) is 19.3 Å². The number of rotatable bonds is 5. The number of benzene rings is 2. The van der Waals surface area contributed by atoms with Gasteiger partial charge in [-0.15, -0.1) is 0 Å². The van der Waals surface area contributed by atoms with Gasteiger partial charge in [0.05, 0.1) is 11.3 Å². The summed E-state index contributed by atoms with van der Waals surface area (Å²) >= 11 is 0. The fourth-order valence-electron chi connectivity index (χ4n) is 3.18. The molecule has 1 fully saturated rings. The molecule has 1 amide bonds. The Morgan fingerprint density at radius 1 is 1.07 bits per heavy atom. The van der Waals surface area contributed by atoms with E-state index in [1.807, 2.05) is 0 Å². The van der Waals surface area contributed by atoms with Crippen molar-refractivity contribution in [3.8, 4) is 0 Å². The lowest BCUT2D eigenvalue weighted by Crippen LogP contribution is -2.35. The van der Waals surface area contributed by atoms with Crippen molar-refractivity contribution in [2.24, 2.45) is 0 Å². The number of anilines is 1. The minimum absolute atomic E-state index is 0.112. The van der Waals surface area contributed by atoms with Gasteiger partial charge >= 0.3 is 0 Å². The van der Waals surface area contributed by atoms with Crippen molar-refractivity contribution in [1.29, 1.82) is 0 Å². The normalized spacial score (nSPS) is 15.5. The summed E-state index contributed by atoms with van der Waals surface area (Å²) in [6.45, 7) is 2.84. The minimum Gasteiger partial charge on any atom is -0.326 e. The van der Waals surface area contributed by atoms with Crippen LogP contribution < -0.4 is 5.32 Å². The molecule has 2 aromatic carbocycles. The largest absolute Gasteiger partial charge is 0.326 e. The third kappa shape index (κ3) is 4.73. The van der Waals surface area contributed by atoms with Gasteiger partial charge in [0.15, 0.2) is 0 Å². The third-order valence-electron chi connectivity index (χ3n) is 4.70. The molecular weight excluding hydrogens is 367 g/mol. The van der Waals surface area contributed by atoms with Crippen LogP contribution in [-0.2, 0) is 21.2 Å². The first-order valence-corrected chi connectivity index (χ1v) is 10.5. The van der Waals surface area contributed by atoms with E-state index in [0.29, 0.717) is 29.9 Å². The lowest BCUT2D eigenvalue weighted by atomic mass is 10.1. The zero-order valence-electron chi connectivity index (χ0n) is 15.2. The molecule has 0 bridgehead atoms. The molecule has 0 saturated carbocycles. The molecule has 1 N–H and O–H groups in total. The lowest BCUT2D eigenvalue weighted by molar-refractivity contribution is -0.115. The van der Waals surface area contributed by atoms with E-state index in [-0.39, 0.29) is 23.0 Å². The fourth-order valence-corrected chi connectivity index (χ4v) is 4.70. The van der Waals surface area contributed by atoms with Gasteiger partial charge in [-0.1, -0.05) is 18.6 Å². The van der Waals surface area contributed by atoms with Crippen molar-refractivity contribution in [1.82, 2.24) is 4.31 Å². The number of halogens is 1. The van der Waals surface area contributed by atoms with Crippen LogP contribution in [0.2, 0.25) is 0 Å². The maximum Gasteiger partial charge on any atom is 0.243 e. The topological polar surface area (TPSA) is 66.5 Å². The van der Waals surface area contributed by atoms with Crippen molar-refractivity contribution in [3.63, 3.8) is 0 Å². The van der Waals surface area contributed by atoms with Gasteiger partial charge in [0.25, 0.3) is 0 Å². The predicted octanol–water partition coefficient (Wildman–Crippen LogP) is 3.49. The van der Waals surface area contributed by atoms with Crippen LogP contribution in [0.4, 0.5) is 10.1 Å². The SMILES string of the molecule is Cc1cc(F)ccc1NC(=O)Cc1ccc(S(=O)(=O)N2CCCCC2)cc1. The highest BCUT2D eigenvalue weighted by atomic mass is 32.2. The Labute approximate surface area is 159 Å². The van der Waals surface area contributed by atoms with E-state index >= 15 is 0 Å². The van der Waals surface area contributed by atoms with E-state index < -0.39 is 10.0 Å². The molecule has 1 saturated heterocycles. The Kier molecular flexibility index (Phi) is 5.92. The van der Waals surface area contributed by atoms with E-state index in [4.69, 9.17) is 0 Å². The van der Waals surface area contributed by atoms with Crippen molar-refractivity contribution < 1.29 is 17.6 Å². The summed E-state index contributed by atoms with van der Waals surface area (Å²) in [5.74, 6) is -0.590. The van der Waals surface area contributed by atoms with Crippen LogP contribution in [0.25, 0.3) is 0 Å². The van der Waals surface area contributed by atoms with Gasteiger partial charge < -0.3 is 5.32 Å². The lowest BCUT2D eigenvalue weighted by Gasteiger charge is -2.25. The van der Waals surface area contributed by atoms with Gasteiger partial charge in [0.1, 0.15) is 5.82 Å². The first kappa shape index (κ1) is 19.5. The molecule has 0 aliphatic carbocycles. The van der Waals surface area contributed by atoms with Crippen LogP contribution in [-0.4, -0.2) is 31.7 Å². The number of nitrogens with zero attached hydrogens (tertiary/aromatic N) is 1. The van der Waals surface area contributed by atoms with Crippen LogP contribution in [0, 0.1) is 12.7 Å². The second kappa shape index (κ2) is 8.19. The standard InChI is InChI=1S/C20H23FN2O3S/c1-15-13-17(21)7-10-19(15)22-20(24)14-16-5-8-18(9-6-16)27(25,26)23-11-3-2-4-12-23/h5-10,13H,2-4,11-12,14H2,1H3,(H,22,24). The minimum atomic E-state index is -3.47. The van der Waals surface area contributed by atoms with E-state index in [2.05, 4.69) is 5.32 Å². The maximum atomic E-state index is 13.1. The van der Waals surface area contributed by atoms with Crippen molar-refractivity contribution in [2.75, 3.05) is 18.4 Å². The Balaban J connectivity index is 1.65. The first-order valence-electron chi connectivity index (χ1n) is 9.01. The Bertz CT molecular complexity index is 921. The van der Waals surface area contributed by atoms with Crippen molar-refractivity contribution in [3.05, 3.63) is 59.4 Å². The van der Waals surface area contributed by atoms with Gasteiger partial charge in [-0.25, -0.2) is 12.8 Å². The molecule has 2 aromatic rings. The van der Waals surface area contributed by atoms with Crippen LogP contribution in [0.15, 0.2) is 47.4 Å². The van der Waals surface area contributed by atoms with E-state index in [1.54, 1.807) is 31.2 Å². The second-order valence-corrected chi connectivity index (χ2v) is 8.73. The third-order valence-corrected chi connectivity index (χ3v) is 6.62. The summed E-state index contributed by atoms with van der Waals surface area (Å²) in [7, 11) is -3.47. The van der Waals surface area contributed by atoms with Gasteiger partial charge in [-0.05, 0) is 61.2 Å². The zero-order valence-corrected chi connectivity index (χ0v) is 16.1. The summed E-state index contributed by atoms with van der Waals surface area (Å²) in [4.78, 5) is 12.5. The first-order chi connectivity index (χ1) is 12.9. The molecule has 1 aliphatic rings. The van der Waals surface area contributed by atoms with Crippen LogP contribution in [0.3, 0.4) is 0 Å². The molecule has 27 heavy (non-hydrogen) atoms. The van der Waals surface area contributed by atoms with E-state index in [1.165, 1.54) is 22.5 Å². The van der Waals surface area contributed by atoms with Gasteiger partial charge in [-0.2, -0.15) is 4.31 Å². The molecule has 0 atom stereocenters. The smallest absolute Gasteiger partial charge is 0.243 e. The summed E-state index contributed by atoms with van der Waals surface area (Å²) < 4.78 is 39.9. The molecule has 0 aromatic heterocycles. The number of aryl methyl sites for hydroxylation is 1. The summed E-state index contributed by atoms with van der Waals surface area (Å²) in [5, 5.41) is 2.75. The molecular formula is C20H23FN2O3S. The molecule has 144 valence electrons. The van der Waals surface area contributed by atoms with Gasteiger partial charge in [-0.3, -0.25) is 4.79 Å². The molecule has 7 heteroatoms. The average Bonchev–Trinajstić information content (AvgIpc) is 2.65. The quantitative estimate of drug-likeness (QED) is 0.850. The Morgan fingerprint density at radius 3 is 2.37 bits per heavy atom. The summed E-state index contributed by atoms with van der Waals surface area (Å²) in [6.07, 6.45) is 2.95. The van der Waals surface area contributed by atoms with Crippen LogP contribution >= 0.6 is 0 Å². The van der Waals surface area contributed by atoms with Crippen LogP contribution in [0.1, 0.15) is 30.4 Å². The number of sulfonamides is 1. The highest BCUT2D eigenvalue weighted by Gasteiger charge is 2.25. The zero-order chi connectivity index (χ0) is 19.4. The molecule has 1 heterocycles. The number of carbonyl (C=O) groups is 1. The maximum absolute atomic E-state index is 13.1. The Hall–Kier alpha value is -2.25. The average molecular weight is 390 g/mol. The molecule has 0 unspecified atom stereocenters. The highest BCUT2D eigenvalue weighted by molar-refractivity contribution is 7.89. The number of hydrogen-bond donors (Lipinski definition) is 1. The van der Waals surface area contributed by atoms with Crippen molar-refractivity contribution in [2.45, 2.75) is 37.5 Å². The number of piperidine rings is 1. The fraction of sp³-hybridized carbons (Fsp3) is 0.350. The summed E-state index contributed by atoms with van der Waals surface area (Å²) in [5.41, 5.74) is 1.92. The predicted molar refractivity (Wildman–Crippen MR) is 103 cm³/mol. The van der Waals surface area contributed by atoms with Gasteiger partial charge in [0.2, 0.25) is 15.9 Å². The molecule has 0 spiro atoms. The summed E-state index contributed by atoms with van der Waals surface area (Å²) in [6, 6.07) is 10.6. The van der Waals surface area contributed by atoms with Gasteiger partial charge in [0, 0.05) is 18.8 Å². The molecule has 3 rings (SSSR count). The number of hydrogen-bond acceptors (Lipinski definition) is 3. The number of nitrogens with one attached hydrogen (secondary N) is 1. The van der Waals surface area contributed by atoms with Crippen LogP contribution in [0.5, 0.6) is 0 Å². The second-order valence-electron chi connectivity index (χ2n) is 6.79. The van der Waals surface area contributed by atoms with E-state index in [9.17, 15) is 17.6 Å². The molecule has 5 nitrogen and oxygen atoms in total. The monoisotopic (exact) mass is 390 g/mol. The Morgan fingerprint density at radius 2 is 1.74 bits per heavy atom. The number of carbonyl (C=O) groups excluding carboxylic acids is 1. The molecule has 1 aliphatic heterocycles.